The number of hydrogen-bond donors (Lipinski definition) is 3. The Morgan fingerprint density at radius 2 is 2.00 bits per heavy atom. The number of pyridine rings is 1. The van der Waals surface area contributed by atoms with Gasteiger partial charge in [-0.25, -0.2) is 17.8 Å². The Bertz CT molecular complexity index is 1390. The molecule has 0 amide bonds. The lowest BCUT2D eigenvalue weighted by Gasteiger charge is -2.22. The highest BCUT2D eigenvalue weighted by Crippen LogP contribution is 2.28. The topological polar surface area (TPSA) is 130 Å². The summed E-state index contributed by atoms with van der Waals surface area (Å²) in [6.07, 6.45) is 9.93. The maximum Gasteiger partial charge on any atom is 0.235 e. The number of benzene rings is 1. The van der Waals surface area contributed by atoms with Crippen LogP contribution in [0.3, 0.4) is 0 Å². The summed E-state index contributed by atoms with van der Waals surface area (Å²) in [5.41, 5.74) is 7.51. The van der Waals surface area contributed by atoms with Crippen molar-refractivity contribution in [2.24, 2.45) is 10.7 Å². The van der Waals surface area contributed by atoms with E-state index in [2.05, 4.69) is 19.7 Å². The molecule has 0 aliphatic heterocycles. The van der Waals surface area contributed by atoms with Crippen molar-refractivity contribution in [2.45, 2.75) is 37.4 Å². The van der Waals surface area contributed by atoms with Crippen molar-refractivity contribution in [3.05, 3.63) is 65.4 Å². The van der Waals surface area contributed by atoms with Crippen LogP contribution in [-0.2, 0) is 10.0 Å². The third-order valence-corrected chi connectivity index (χ3v) is 7.89. The summed E-state index contributed by atoms with van der Waals surface area (Å²) < 4.78 is 42.8. The number of nitrogens with two attached hydrogens (primary N) is 1. The van der Waals surface area contributed by atoms with Crippen molar-refractivity contribution < 1.29 is 17.6 Å². The van der Waals surface area contributed by atoms with E-state index in [0.717, 1.165) is 25.3 Å². The molecule has 1 aromatic carbocycles. The molecule has 34 heavy (non-hydrogen) atoms. The molecule has 0 radical (unpaired) electrons. The van der Waals surface area contributed by atoms with Crippen molar-refractivity contribution in [3.63, 3.8) is 0 Å². The second-order valence-electron chi connectivity index (χ2n) is 8.26. The first kappa shape index (κ1) is 23.6. The maximum atomic E-state index is 14.7. The number of fused-ring (bicyclic) bond motifs is 1. The predicted molar refractivity (Wildman–Crippen MR) is 132 cm³/mol. The van der Waals surface area contributed by atoms with Crippen molar-refractivity contribution >= 4 is 44.3 Å². The van der Waals surface area contributed by atoms with Gasteiger partial charge in [-0.15, -0.1) is 0 Å². The van der Waals surface area contributed by atoms with Gasteiger partial charge >= 0.3 is 0 Å². The molecule has 0 bridgehead atoms. The van der Waals surface area contributed by atoms with E-state index in [9.17, 15) is 17.6 Å². The van der Waals surface area contributed by atoms with Crippen LogP contribution in [0.2, 0.25) is 0 Å². The van der Waals surface area contributed by atoms with Gasteiger partial charge in [-0.1, -0.05) is 19.3 Å². The number of ketones is 1. The minimum Gasteiger partial charge on any atom is -0.404 e. The van der Waals surface area contributed by atoms with E-state index in [0.29, 0.717) is 35.0 Å². The van der Waals surface area contributed by atoms with Crippen molar-refractivity contribution in [1.82, 2.24) is 9.97 Å². The second-order valence-corrected chi connectivity index (χ2v) is 10.2. The van der Waals surface area contributed by atoms with Gasteiger partial charge in [0.05, 0.1) is 10.8 Å². The van der Waals surface area contributed by atoms with E-state index >= 15 is 0 Å². The number of aromatic nitrogens is 2. The molecule has 4 rings (SSSR count). The van der Waals surface area contributed by atoms with Crippen LogP contribution < -0.4 is 10.5 Å². The number of carbonyl (C=O) groups excluding carboxylic acids is 1. The highest BCUT2D eigenvalue weighted by atomic mass is 32.2. The fourth-order valence-electron chi connectivity index (χ4n) is 4.23. The van der Waals surface area contributed by atoms with Crippen LogP contribution in [0.25, 0.3) is 16.6 Å². The number of anilines is 1. The minimum atomic E-state index is -3.63. The molecular formula is C24H26FN5O3S. The molecule has 8 nitrogen and oxygen atoms in total. The van der Waals surface area contributed by atoms with Gasteiger partial charge < -0.3 is 10.7 Å². The molecule has 1 saturated carbocycles. The van der Waals surface area contributed by atoms with Crippen LogP contribution in [0.1, 0.15) is 53.6 Å². The van der Waals surface area contributed by atoms with E-state index in [1.165, 1.54) is 24.5 Å². The van der Waals surface area contributed by atoms with Gasteiger partial charge in [-0.05, 0) is 37.1 Å². The second kappa shape index (κ2) is 9.76. The Morgan fingerprint density at radius 3 is 2.71 bits per heavy atom. The average Bonchev–Trinajstić information content (AvgIpc) is 3.27. The molecule has 0 unspecified atom stereocenters. The Labute approximate surface area is 197 Å². The number of halogens is 1. The third-order valence-electron chi connectivity index (χ3n) is 6.02. The SMILES string of the molecule is CN=CC(=CN)c1cnc2[nH]cc(C(=O)c3cc(NS(=O)(=O)C4CCCCC4)ccc3F)c2c1. The van der Waals surface area contributed by atoms with Gasteiger partial charge in [0, 0.05) is 59.6 Å². The van der Waals surface area contributed by atoms with Crippen LogP contribution in [0, 0.1) is 5.82 Å². The zero-order valence-electron chi connectivity index (χ0n) is 18.7. The fraction of sp³-hybridized carbons (Fsp3) is 0.292. The number of aliphatic imine (C=N–C) groups is 1. The Balaban J connectivity index is 1.68. The number of hydrogen-bond acceptors (Lipinski definition) is 6. The molecule has 0 saturated heterocycles. The lowest BCUT2D eigenvalue weighted by molar-refractivity contribution is 0.103. The molecule has 1 aliphatic carbocycles. The lowest BCUT2D eigenvalue weighted by atomic mass is 10.0. The summed E-state index contributed by atoms with van der Waals surface area (Å²) in [6.45, 7) is 0. The van der Waals surface area contributed by atoms with Gasteiger partial charge in [-0.2, -0.15) is 0 Å². The van der Waals surface area contributed by atoms with Gasteiger partial charge in [0.2, 0.25) is 10.0 Å². The standard InChI is InChI=1S/C24H26FN5O3S/c1-27-12-16(11-26)15-9-19-21(14-29-24(19)28-13-15)23(31)20-10-17(7-8-22(20)25)30-34(32,33)18-5-3-2-4-6-18/h7-14,18,30H,2-6,26H2,1H3,(H,28,29). The smallest absolute Gasteiger partial charge is 0.235 e. The summed E-state index contributed by atoms with van der Waals surface area (Å²) in [7, 11) is -2.02. The number of carbonyl (C=O) groups is 1. The minimum absolute atomic E-state index is 0.154. The zero-order valence-corrected chi connectivity index (χ0v) is 19.5. The number of aromatic amines is 1. The van der Waals surface area contributed by atoms with Crippen LogP contribution >= 0.6 is 0 Å². The molecular weight excluding hydrogens is 457 g/mol. The molecule has 3 aromatic rings. The van der Waals surface area contributed by atoms with Crippen LogP contribution in [-0.4, -0.2) is 42.7 Å². The highest BCUT2D eigenvalue weighted by molar-refractivity contribution is 7.93. The van der Waals surface area contributed by atoms with Gasteiger partial charge in [0.25, 0.3) is 0 Å². The van der Waals surface area contributed by atoms with Crippen molar-refractivity contribution in [2.75, 3.05) is 11.8 Å². The summed E-state index contributed by atoms with van der Waals surface area (Å²) in [5.74, 6) is -1.34. The lowest BCUT2D eigenvalue weighted by Crippen LogP contribution is -2.29. The maximum absolute atomic E-state index is 14.7. The molecule has 4 N–H and O–H groups in total. The molecule has 2 aromatic heterocycles. The number of allylic oxidation sites excluding steroid dienone is 1. The first-order valence-electron chi connectivity index (χ1n) is 11.0. The summed E-state index contributed by atoms with van der Waals surface area (Å²) in [5, 5.41) is -0.000958. The average molecular weight is 484 g/mol. The van der Waals surface area contributed by atoms with Crippen molar-refractivity contribution in [1.29, 1.82) is 0 Å². The fourth-order valence-corrected chi connectivity index (χ4v) is 5.81. The van der Waals surface area contributed by atoms with E-state index in [1.807, 2.05) is 0 Å². The molecule has 178 valence electrons. The quantitative estimate of drug-likeness (QED) is 0.345. The van der Waals surface area contributed by atoms with Gasteiger partial charge in [-0.3, -0.25) is 14.5 Å². The monoisotopic (exact) mass is 483 g/mol. The Kier molecular flexibility index (Phi) is 6.78. The van der Waals surface area contributed by atoms with E-state index in [-0.39, 0.29) is 16.8 Å². The number of rotatable bonds is 7. The van der Waals surface area contributed by atoms with E-state index in [1.54, 1.807) is 25.5 Å². The van der Waals surface area contributed by atoms with E-state index < -0.39 is 26.9 Å². The molecule has 1 fully saturated rings. The summed E-state index contributed by atoms with van der Waals surface area (Å²) in [6, 6.07) is 5.38. The number of H-pyrrole nitrogens is 1. The normalized spacial score (nSPS) is 15.8. The Hall–Kier alpha value is -3.53. The predicted octanol–water partition coefficient (Wildman–Crippen LogP) is 4.01. The summed E-state index contributed by atoms with van der Waals surface area (Å²) in [4.78, 5) is 24.5. The summed E-state index contributed by atoms with van der Waals surface area (Å²) >= 11 is 0. The molecule has 0 atom stereocenters. The molecule has 0 spiro atoms. The van der Waals surface area contributed by atoms with Crippen LogP contribution in [0.5, 0.6) is 0 Å². The number of nitrogens with zero attached hydrogens (tertiary/aromatic N) is 2. The molecule has 1 aliphatic rings. The van der Waals surface area contributed by atoms with Gasteiger partial charge in [0.15, 0.2) is 5.78 Å². The van der Waals surface area contributed by atoms with E-state index in [4.69, 9.17) is 5.73 Å². The zero-order chi connectivity index (χ0) is 24.3. The van der Waals surface area contributed by atoms with Crippen LogP contribution in [0.15, 0.2) is 47.9 Å². The first-order valence-corrected chi connectivity index (χ1v) is 12.6. The van der Waals surface area contributed by atoms with Crippen LogP contribution in [0.4, 0.5) is 10.1 Å². The molecule has 2 heterocycles. The number of nitrogens with one attached hydrogen (secondary N) is 2. The van der Waals surface area contributed by atoms with Gasteiger partial charge in [0.1, 0.15) is 11.5 Å². The first-order chi connectivity index (χ1) is 16.3. The largest absolute Gasteiger partial charge is 0.404 e. The Morgan fingerprint density at radius 1 is 1.24 bits per heavy atom. The number of sulfonamides is 1. The highest BCUT2D eigenvalue weighted by Gasteiger charge is 2.28. The van der Waals surface area contributed by atoms with Crippen molar-refractivity contribution in [3.8, 4) is 0 Å². The molecule has 10 heteroatoms. The third kappa shape index (κ3) is 4.72.